The summed E-state index contributed by atoms with van der Waals surface area (Å²) in [6.45, 7) is 10.3. The number of aliphatic imine (C=N–C) groups is 1. The molecule has 2 rings (SSSR count). The number of hydrogen-bond donors (Lipinski definition) is 3. The van der Waals surface area contributed by atoms with Crippen molar-refractivity contribution < 1.29 is 9.84 Å². The topological polar surface area (TPSA) is 65.9 Å². The normalized spacial score (nSPS) is 37.7. The number of aliphatic hydroxyl groups is 1. The molecule has 0 heterocycles. The van der Waals surface area contributed by atoms with Crippen molar-refractivity contribution in [1.82, 2.24) is 10.6 Å². The maximum Gasteiger partial charge on any atom is 0.191 e. The third-order valence-corrected chi connectivity index (χ3v) is 6.04. The standard InChI is InChI=1S/C17H33N3O2/c1-6-18-15(19-11-12-8-7-9-13(12)21)20-14-10-17(4,22-5)16(14,2)3/h12-14,21H,6-11H2,1-5H3,(H2,18,19,20). The Balaban J connectivity index is 1.95. The summed E-state index contributed by atoms with van der Waals surface area (Å²) in [6, 6.07) is 0.351. The van der Waals surface area contributed by atoms with Gasteiger partial charge in [-0.2, -0.15) is 0 Å². The highest BCUT2D eigenvalue weighted by atomic mass is 16.5. The van der Waals surface area contributed by atoms with Crippen molar-refractivity contribution in [3.8, 4) is 0 Å². The summed E-state index contributed by atoms with van der Waals surface area (Å²) >= 11 is 0. The number of rotatable bonds is 5. The molecule has 4 unspecified atom stereocenters. The van der Waals surface area contributed by atoms with E-state index in [-0.39, 0.29) is 17.1 Å². The van der Waals surface area contributed by atoms with Crippen LogP contribution in [0.4, 0.5) is 0 Å². The van der Waals surface area contributed by atoms with E-state index < -0.39 is 0 Å². The summed E-state index contributed by atoms with van der Waals surface area (Å²) in [6.07, 6.45) is 3.93. The van der Waals surface area contributed by atoms with E-state index in [9.17, 15) is 5.11 Å². The minimum Gasteiger partial charge on any atom is -0.393 e. The zero-order valence-electron chi connectivity index (χ0n) is 14.8. The lowest BCUT2D eigenvalue weighted by Crippen LogP contribution is -2.69. The summed E-state index contributed by atoms with van der Waals surface area (Å²) in [7, 11) is 1.79. The van der Waals surface area contributed by atoms with Gasteiger partial charge in [0.05, 0.1) is 11.7 Å². The molecule has 128 valence electrons. The second kappa shape index (κ2) is 6.75. The van der Waals surface area contributed by atoms with Gasteiger partial charge in [0.15, 0.2) is 5.96 Å². The molecule has 4 atom stereocenters. The number of nitrogens with one attached hydrogen (secondary N) is 2. The first-order chi connectivity index (χ1) is 10.3. The highest BCUT2D eigenvalue weighted by molar-refractivity contribution is 5.80. The van der Waals surface area contributed by atoms with Gasteiger partial charge in [-0.15, -0.1) is 0 Å². The van der Waals surface area contributed by atoms with E-state index in [4.69, 9.17) is 9.73 Å². The summed E-state index contributed by atoms with van der Waals surface area (Å²) in [5.74, 6) is 1.17. The van der Waals surface area contributed by atoms with Crippen LogP contribution >= 0.6 is 0 Å². The number of aliphatic hydroxyl groups excluding tert-OH is 1. The van der Waals surface area contributed by atoms with Crippen molar-refractivity contribution in [2.45, 2.75) is 71.1 Å². The van der Waals surface area contributed by atoms with Gasteiger partial charge in [-0.1, -0.05) is 20.3 Å². The third kappa shape index (κ3) is 3.25. The minimum absolute atomic E-state index is 0.0603. The Morgan fingerprint density at radius 2 is 2.05 bits per heavy atom. The summed E-state index contributed by atoms with van der Waals surface area (Å²) in [5, 5.41) is 16.8. The first-order valence-corrected chi connectivity index (χ1v) is 8.62. The molecule has 3 N–H and O–H groups in total. The van der Waals surface area contributed by atoms with Gasteiger partial charge >= 0.3 is 0 Å². The van der Waals surface area contributed by atoms with Crippen molar-refractivity contribution in [2.24, 2.45) is 16.3 Å². The molecule has 0 aromatic carbocycles. The van der Waals surface area contributed by atoms with Crippen LogP contribution in [0.5, 0.6) is 0 Å². The van der Waals surface area contributed by atoms with Crippen LogP contribution in [0, 0.1) is 11.3 Å². The van der Waals surface area contributed by atoms with Crippen molar-refractivity contribution >= 4 is 5.96 Å². The molecule has 0 amide bonds. The van der Waals surface area contributed by atoms with Gasteiger partial charge in [0, 0.05) is 37.6 Å². The van der Waals surface area contributed by atoms with Crippen LogP contribution in [0.15, 0.2) is 4.99 Å². The Morgan fingerprint density at radius 3 is 2.55 bits per heavy atom. The summed E-state index contributed by atoms with van der Waals surface area (Å²) in [4.78, 5) is 4.70. The Labute approximate surface area is 134 Å². The van der Waals surface area contributed by atoms with Crippen LogP contribution in [0.1, 0.15) is 53.4 Å². The van der Waals surface area contributed by atoms with Crippen molar-refractivity contribution in [1.29, 1.82) is 0 Å². The summed E-state index contributed by atoms with van der Waals surface area (Å²) < 4.78 is 5.68. The quantitative estimate of drug-likeness (QED) is 0.536. The van der Waals surface area contributed by atoms with Crippen molar-refractivity contribution in [3.63, 3.8) is 0 Å². The van der Waals surface area contributed by atoms with Gasteiger partial charge in [0.25, 0.3) is 0 Å². The van der Waals surface area contributed by atoms with Gasteiger partial charge in [-0.3, -0.25) is 4.99 Å². The fraction of sp³-hybridized carbons (Fsp3) is 0.941. The molecule has 2 saturated carbocycles. The highest BCUT2D eigenvalue weighted by Crippen LogP contribution is 2.51. The molecule has 5 heteroatoms. The number of nitrogens with zero attached hydrogens (tertiary/aromatic N) is 1. The van der Waals surface area contributed by atoms with Crippen LogP contribution in [-0.2, 0) is 4.74 Å². The minimum atomic E-state index is -0.177. The maximum atomic E-state index is 9.93. The molecular weight excluding hydrogens is 278 g/mol. The fourth-order valence-corrected chi connectivity index (χ4v) is 3.65. The van der Waals surface area contributed by atoms with Crippen LogP contribution in [0.3, 0.4) is 0 Å². The van der Waals surface area contributed by atoms with E-state index in [1.165, 1.54) is 0 Å². The molecule has 2 aliphatic carbocycles. The van der Waals surface area contributed by atoms with E-state index in [2.05, 4.69) is 38.3 Å². The smallest absolute Gasteiger partial charge is 0.191 e. The van der Waals surface area contributed by atoms with Gasteiger partial charge in [-0.05, 0) is 33.1 Å². The monoisotopic (exact) mass is 311 g/mol. The molecule has 0 saturated heterocycles. The molecule has 0 spiro atoms. The van der Waals surface area contributed by atoms with E-state index in [0.717, 1.165) is 38.2 Å². The van der Waals surface area contributed by atoms with Gasteiger partial charge < -0.3 is 20.5 Å². The molecule has 22 heavy (non-hydrogen) atoms. The summed E-state index contributed by atoms with van der Waals surface area (Å²) in [5.41, 5.74) is -0.0194. The van der Waals surface area contributed by atoms with Gasteiger partial charge in [-0.25, -0.2) is 0 Å². The van der Waals surface area contributed by atoms with Crippen LogP contribution in [0.2, 0.25) is 0 Å². The predicted molar refractivity (Wildman–Crippen MR) is 90.1 cm³/mol. The maximum absolute atomic E-state index is 9.93. The number of guanidine groups is 1. The Morgan fingerprint density at radius 1 is 1.32 bits per heavy atom. The molecule has 0 bridgehead atoms. The molecule has 5 nitrogen and oxygen atoms in total. The Kier molecular flexibility index (Phi) is 5.38. The average Bonchev–Trinajstić information content (AvgIpc) is 2.89. The first kappa shape index (κ1) is 17.5. The van der Waals surface area contributed by atoms with Crippen LogP contribution in [-0.4, -0.2) is 49.0 Å². The van der Waals surface area contributed by atoms with Gasteiger partial charge in [0.2, 0.25) is 0 Å². The lowest BCUT2D eigenvalue weighted by atomic mass is 9.56. The number of hydrogen-bond acceptors (Lipinski definition) is 3. The Hall–Kier alpha value is -0.810. The number of ether oxygens (including phenoxy) is 1. The largest absolute Gasteiger partial charge is 0.393 e. The predicted octanol–water partition coefficient (Wildman–Crippen LogP) is 1.91. The molecule has 0 aromatic heterocycles. The van der Waals surface area contributed by atoms with E-state index in [0.29, 0.717) is 18.5 Å². The van der Waals surface area contributed by atoms with E-state index in [1.807, 2.05) is 0 Å². The molecule has 2 fully saturated rings. The number of methoxy groups -OCH3 is 1. The lowest BCUT2D eigenvalue weighted by molar-refractivity contribution is -0.176. The zero-order valence-corrected chi connectivity index (χ0v) is 14.8. The molecular formula is C17H33N3O2. The first-order valence-electron chi connectivity index (χ1n) is 8.62. The van der Waals surface area contributed by atoms with Crippen molar-refractivity contribution in [3.05, 3.63) is 0 Å². The van der Waals surface area contributed by atoms with Crippen LogP contribution in [0.25, 0.3) is 0 Å². The second-order valence-corrected chi connectivity index (χ2v) is 7.54. The van der Waals surface area contributed by atoms with Crippen molar-refractivity contribution in [2.75, 3.05) is 20.2 Å². The van der Waals surface area contributed by atoms with Gasteiger partial charge in [0.1, 0.15) is 0 Å². The Bertz CT molecular complexity index is 411. The molecule has 0 radical (unpaired) electrons. The molecule has 0 aromatic rings. The molecule has 2 aliphatic rings. The SMILES string of the molecule is CCNC(=NCC1CCCC1O)NC1CC(C)(OC)C1(C)C. The van der Waals surface area contributed by atoms with E-state index in [1.54, 1.807) is 7.11 Å². The highest BCUT2D eigenvalue weighted by Gasteiger charge is 2.58. The van der Waals surface area contributed by atoms with E-state index >= 15 is 0 Å². The van der Waals surface area contributed by atoms with Crippen LogP contribution < -0.4 is 10.6 Å². The second-order valence-electron chi connectivity index (χ2n) is 7.54. The fourth-order valence-electron chi connectivity index (χ4n) is 3.65. The third-order valence-electron chi connectivity index (χ3n) is 6.04. The molecule has 0 aliphatic heterocycles. The lowest BCUT2D eigenvalue weighted by Gasteiger charge is -2.59. The zero-order chi connectivity index (χ0) is 16.4. The average molecular weight is 311 g/mol.